The first kappa shape index (κ1) is 17.1. The van der Waals surface area contributed by atoms with Crippen molar-refractivity contribution in [2.24, 2.45) is 10.7 Å². The van der Waals surface area contributed by atoms with E-state index in [0.717, 1.165) is 0 Å². The average molecular weight is 293 g/mol. The molecule has 9 nitrogen and oxygen atoms in total. The number of guanidine groups is 1. The van der Waals surface area contributed by atoms with E-state index < -0.39 is 31.0 Å². The summed E-state index contributed by atoms with van der Waals surface area (Å²) in [6.45, 7) is 0.191. The van der Waals surface area contributed by atoms with Crippen molar-refractivity contribution < 1.29 is 30.3 Å². The minimum atomic E-state index is -1.33. The summed E-state index contributed by atoms with van der Waals surface area (Å²) in [6.07, 6.45) is -3.82. The largest absolute Gasteiger partial charge is 0.394 e. The first-order valence-electron chi connectivity index (χ1n) is 6.43. The number of aliphatic hydroxyl groups is 5. The van der Waals surface area contributed by atoms with Crippen molar-refractivity contribution in [2.75, 3.05) is 39.5 Å². The number of β-amino-alcohol motifs (C(OH)–C–C–N with tert-alkyl or cyclic N) is 1. The van der Waals surface area contributed by atoms with Gasteiger partial charge in [0, 0.05) is 6.54 Å². The van der Waals surface area contributed by atoms with Gasteiger partial charge in [0.1, 0.15) is 18.3 Å². The molecule has 0 bridgehead atoms. The quantitative estimate of drug-likeness (QED) is 0.165. The molecule has 0 aromatic carbocycles. The number of hydrogen-bond donors (Lipinski definition) is 6. The van der Waals surface area contributed by atoms with Crippen LogP contribution in [-0.4, -0.2) is 100 Å². The molecule has 4 atom stereocenters. The lowest BCUT2D eigenvalue weighted by atomic mass is 9.94. The minimum Gasteiger partial charge on any atom is -0.394 e. The first-order chi connectivity index (χ1) is 9.52. The van der Waals surface area contributed by atoms with Crippen LogP contribution in [0.4, 0.5) is 0 Å². The molecular weight excluding hydrogens is 270 g/mol. The summed E-state index contributed by atoms with van der Waals surface area (Å²) >= 11 is 0. The highest BCUT2D eigenvalue weighted by atomic mass is 16.5. The number of piperidine rings is 1. The van der Waals surface area contributed by atoms with Crippen LogP contribution in [0.2, 0.25) is 0 Å². The van der Waals surface area contributed by atoms with Gasteiger partial charge in [-0.15, -0.1) is 0 Å². The summed E-state index contributed by atoms with van der Waals surface area (Å²) in [5, 5.41) is 46.8. The third-order valence-electron chi connectivity index (χ3n) is 3.15. The van der Waals surface area contributed by atoms with E-state index in [2.05, 4.69) is 4.99 Å². The topological polar surface area (TPSA) is 152 Å². The smallest absolute Gasteiger partial charge is 0.191 e. The van der Waals surface area contributed by atoms with E-state index in [4.69, 9.17) is 15.6 Å². The number of aliphatic hydroxyl groups excluding tert-OH is 5. The second kappa shape index (κ2) is 8.35. The fraction of sp³-hybridized carbons (Fsp3) is 0.909. The van der Waals surface area contributed by atoms with Crippen molar-refractivity contribution in [3.8, 4) is 0 Å². The summed E-state index contributed by atoms with van der Waals surface area (Å²) in [6, 6.07) is -0.824. The molecule has 1 fully saturated rings. The van der Waals surface area contributed by atoms with Gasteiger partial charge in [0.2, 0.25) is 0 Å². The monoisotopic (exact) mass is 293 g/mol. The van der Waals surface area contributed by atoms with Crippen LogP contribution in [0.15, 0.2) is 4.99 Å². The van der Waals surface area contributed by atoms with Gasteiger partial charge in [0.05, 0.1) is 39.0 Å². The fourth-order valence-electron chi connectivity index (χ4n) is 2.04. The van der Waals surface area contributed by atoms with E-state index in [1.165, 1.54) is 4.90 Å². The molecule has 0 aliphatic carbocycles. The Morgan fingerprint density at radius 1 is 1.20 bits per heavy atom. The molecule has 118 valence electrons. The van der Waals surface area contributed by atoms with Gasteiger partial charge in [0.15, 0.2) is 5.96 Å². The number of nitrogens with two attached hydrogens (primary N) is 1. The highest BCUT2D eigenvalue weighted by molar-refractivity contribution is 5.78. The molecule has 1 saturated heterocycles. The molecule has 0 amide bonds. The van der Waals surface area contributed by atoms with E-state index in [1.807, 2.05) is 0 Å². The van der Waals surface area contributed by atoms with Crippen LogP contribution in [0, 0.1) is 0 Å². The van der Waals surface area contributed by atoms with Crippen LogP contribution < -0.4 is 5.73 Å². The molecule has 0 radical (unpaired) electrons. The Labute approximate surface area is 116 Å². The Morgan fingerprint density at radius 2 is 1.90 bits per heavy atom. The third kappa shape index (κ3) is 4.27. The standard InChI is InChI=1S/C11H23N3O6/c12-11(13-1-3-20-4-2-15)14-5-8(17)10(19)9(18)7(14)6-16/h7-10,15-19H,1-6H2,(H2,12,13)/t7-,8+,9-,10-/m1/s1. The van der Waals surface area contributed by atoms with Crippen LogP contribution in [0.25, 0.3) is 0 Å². The van der Waals surface area contributed by atoms with Gasteiger partial charge in [-0.05, 0) is 0 Å². The molecule has 0 unspecified atom stereocenters. The van der Waals surface area contributed by atoms with Crippen LogP contribution >= 0.6 is 0 Å². The number of likely N-dealkylation sites (tertiary alicyclic amines) is 1. The van der Waals surface area contributed by atoms with Gasteiger partial charge >= 0.3 is 0 Å². The molecule has 1 rings (SSSR count). The maximum Gasteiger partial charge on any atom is 0.191 e. The Bertz CT molecular complexity index is 317. The van der Waals surface area contributed by atoms with Crippen molar-refractivity contribution in [3.63, 3.8) is 0 Å². The highest BCUT2D eigenvalue weighted by Crippen LogP contribution is 2.18. The van der Waals surface area contributed by atoms with E-state index in [1.54, 1.807) is 0 Å². The van der Waals surface area contributed by atoms with Crippen molar-refractivity contribution in [1.82, 2.24) is 4.90 Å². The number of aliphatic imine (C=N–C) groups is 1. The van der Waals surface area contributed by atoms with E-state index in [-0.39, 0.29) is 38.9 Å². The summed E-state index contributed by atoms with van der Waals surface area (Å²) in [5.74, 6) is 0.0432. The molecule has 20 heavy (non-hydrogen) atoms. The van der Waals surface area contributed by atoms with Crippen LogP contribution in [-0.2, 0) is 4.74 Å². The van der Waals surface area contributed by atoms with Crippen molar-refractivity contribution in [2.45, 2.75) is 24.4 Å². The normalized spacial score (nSPS) is 31.6. The molecule has 0 aromatic heterocycles. The van der Waals surface area contributed by atoms with E-state index >= 15 is 0 Å². The summed E-state index contributed by atoms with van der Waals surface area (Å²) in [5.41, 5.74) is 5.76. The average Bonchev–Trinajstić information content (AvgIpc) is 2.44. The Morgan fingerprint density at radius 3 is 2.50 bits per heavy atom. The first-order valence-corrected chi connectivity index (χ1v) is 6.43. The third-order valence-corrected chi connectivity index (χ3v) is 3.15. The van der Waals surface area contributed by atoms with Gasteiger partial charge in [-0.3, -0.25) is 4.99 Å². The lowest BCUT2D eigenvalue weighted by molar-refractivity contribution is -0.128. The zero-order chi connectivity index (χ0) is 15.1. The minimum absolute atomic E-state index is 0.0315. The SMILES string of the molecule is NC(=NCCOCCO)N1C[C@H](O)[C@@H](O)[C@H](O)[C@H]1CO. The molecule has 7 N–H and O–H groups in total. The Balaban J connectivity index is 2.59. The van der Waals surface area contributed by atoms with Crippen LogP contribution in [0.1, 0.15) is 0 Å². The molecule has 0 saturated carbocycles. The van der Waals surface area contributed by atoms with E-state index in [9.17, 15) is 20.4 Å². The van der Waals surface area contributed by atoms with Crippen molar-refractivity contribution in [3.05, 3.63) is 0 Å². The highest BCUT2D eigenvalue weighted by Gasteiger charge is 2.41. The van der Waals surface area contributed by atoms with Gasteiger partial charge in [0.25, 0.3) is 0 Å². The predicted octanol–water partition coefficient (Wildman–Crippen LogP) is -3.93. The van der Waals surface area contributed by atoms with Gasteiger partial charge in [-0.25, -0.2) is 0 Å². The molecule has 1 aliphatic rings. The number of rotatable bonds is 6. The lowest BCUT2D eigenvalue weighted by Gasteiger charge is -2.43. The lowest BCUT2D eigenvalue weighted by Crippen LogP contribution is -2.65. The maximum atomic E-state index is 9.79. The number of ether oxygens (including phenoxy) is 1. The van der Waals surface area contributed by atoms with Gasteiger partial charge < -0.3 is 40.9 Å². The van der Waals surface area contributed by atoms with Gasteiger partial charge in [-0.1, -0.05) is 0 Å². The van der Waals surface area contributed by atoms with Crippen molar-refractivity contribution in [1.29, 1.82) is 0 Å². The molecule has 0 spiro atoms. The molecule has 9 heteroatoms. The predicted molar refractivity (Wildman–Crippen MR) is 70.0 cm³/mol. The van der Waals surface area contributed by atoms with Crippen molar-refractivity contribution >= 4 is 5.96 Å². The zero-order valence-electron chi connectivity index (χ0n) is 11.2. The Hall–Kier alpha value is -0.970. The molecular formula is C11H23N3O6. The van der Waals surface area contributed by atoms with Crippen LogP contribution in [0.5, 0.6) is 0 Å². The number of nitrogens with zero attached hydrogens (tertiary/aromatic N) is 2. The zero-order valence-corrected chi connectivity index (χ0v) is 11.2. The van der Waals surface area contributed by atoms with Gasteiger partial charge in [-0.2, -0.15) is 0 Å². The molecule has 0 aromatic rings. The van der Waals surface area contributed by atoms with E-state index in [0.29, 0.717) is 0 Å². The number of hydrogen-bond acceptors (Lipinski definition) is 7. The summed E-state index contributed by atoms with van der Waals surface area (Å²) in [7, 11) is 0. The molecule has 1 aliphatic heterocycles. The fourth-order valence-corrected chi connectivity index (χ4v) is 2.04. The summed E-state index contributed by atoms with van der Waals surface area (Å²) in [4.78, 5) is 5.37. The maximum absolute atomic E-state index is 9.79. The second-order valence-electron chi connectivity index (χ2n) is 4.53. The second-order valence-corrected chi connectivity index (χ2v) is 4.53. The Kier molecular flexibility index (Phi) is 7.13. The molecule has 1 heterocycles. The summed E-state index contributed by atoms with van der Waals surface area (Å²) < 4.78 is 5.01. The van der Waals surface area contributed by atoms with Crippen LogP contribution in [0.3, 0.4) is 0 Å².